The number of aromatic nitrogens is 1. The average Bonchev–Trinajstić information content (AvgIpc) is 3.10. The second-order valence-corrected chi connectivity index (χ2v) is 7.58. The number of nitrogens with zero attached hydrogens (tertiary/aromatic N) is 4. The first kappa shape index (κ1) is 23.4. The first-order chi connectivity index (χ1) is 13.1. The number of rotatable bonds is 3. The van der Waals surface area contributed by atoms with Crippen LogP contribution in [0.25, 0.3) is 0 Å². The van der Waals surface area contributed by atoms with Crippen molar-refractivity contribution in [1.82, 2.24) is 14.8 Å². The summed E-state index contributed by atoms with van der Waals surface area (Å²) >= 11 is 0. The summed E-state index contributed by atoms with van der Waals surface area (Å²) in [7, 11) is 2.13. The number of piperazine rings is 1. The first-order valence-corrected chi connectivity index (χ1v) is 9.61. The summed E-state index contributed by atoms with van der Waals surface area (Å²) in [6.45, 7) is 5.15. The minimum atomic E-state index is -0.0321. The minimum absolute atomic E-state index is 0. The van der Waals surface area contributed by atoms with Crippen molar-refractivity contribution in [3.8, 4) is 0 Å². The Kier molecular flexibility index (Phi) is 8.28. The maximum atomic E-state index is 13.1. The highest BCUT2D eigenvalue weighted by atomic mass is 35.5. The van der Waals surface area contributed by atoms with Crippen molar-refractivity contribution in [2.75, 3.05) is 51.2 Å². The van der Waals surface area contributed by atoms with E-state index in [0.717, 1.165) is 32.0 Å². The van der Waals surface area contributed by atoms with E-state index in [1.165, 1.54) is 5.56 Å². The predicted octanol–water partition coefficient (Wildman–Crippen LogP) is 2.24. The topological polar surface area (TPSA) is 65.7 Å². The highest BCUT2D eigenvalue weighted by Crippen LogP contribution is 2.28. The molecule has 3 heterocycles. The molecule has 0 spiro atoms. The van der Waals surface area contributed by atoms with E-state index in [1.807, 2.05) is 35.2 Å². The Hall–Kier alpha value is -1.86. The highest BCUT2D eigenvalue weighted by Gasteiger charge is 2.34. The van der Waals surface area contributed by atoms with Crippen molar-refractivity contribution in [2.45, 2.75) is 12.0 Å². The fraction of sp³-hybridized carbons (Fsp3) is 0.429. The van der Waals surface area contributed by atoms with Crippen LogP contribution in [0, 0.1) is 0 Å². The molecule has 8 heteroatoms. The number of nitrogens with two attached hydrogens (primary N) is 1. The maximum Gasteiger partial charge on any atom is 0.254 e. The molecule has 1 aromatic carbocycles. The fourth-order valence-electron chi connectivity index (χ4n) is 3.99. The molecule has 4 rings (SSSR count). The number of halogens is 2. The lowest BCUT2D eigenvalue weighted by Gasteiger charge is -2.33. The average molecular weight is 438 g/mol. The molecule has 1 aromatic heterocycles. The van der Waals surface area contributed by atoms with Crippen molar-refractivity contribution in [2.24, 2.45) is 5.73 Å². The number of benzene rings is 1. The highest BCUT2D eigenvalue weighted by molar-refractivity contribution is 5.95. The molecule has 2 atom stereocenters. The third-order valence-electron chi connectivity index (χ3n) is 5.70. The lowest BCUT2D eigenvalue weighted by molar-refractivity contribution is 0.0789. The van der Waals surface area contributed by atoms with Gasteiger partial charge in [-0.1, -0.05) is 30.3 Å². The lowest BCUT2D eigenvalue weighted by Crippen LogP contribution is -2.44. The Labute approximate surface area is 184 Å². The zero-order valence-corrected chi connectivity index (χ0v) is 18.2. The molecule has 158 valence electrons. The number of carbonyl (C=O) groups excluding carboxylic acids is 1. The quantitative estimate of drug-likeness (QED) is 0.797. The Morgan fingerprint density at radius 1 is 1.03 bits per heavy atom. The number of anilines is 1. The monoisotopic (exact) mass is 437 g/mol. The molecular weight excluding hydrogens is 409 g/mol. The second kappa shape index (κ2) is 10.3. The molecule has 2 N–H and O–H groups in total. The zero-order valence-electron chi connectivity index (χ0n) is 16.6. The van der Waals surface area contributed by atoms with Gasteiger partial charge in [0.2, 0.25) is 0 Å². The van der Waals surface area contributed by atoms with E-state index < -0.39 is 0 Å². The largest absolute Gasteiger partial charge is 0.354 e. The lowest BCUT2D eigenvalue weighted by atomic mass is 9.95. The van der Waals surface area contributed by atoms with Gasteiger partial charge in [-0.2, -0.15) is 0 Å². The van der Waals surface area contributed by atoms with Gasteiger partial charge in [0.05, 0.1) is 0 Å². The summed E-state index contributed by atoms with van der Waals surface area (Å²) in [6, 6.07) is 13.9. The van der Waals surface area contributed by atoms with Crippen LogP contribution in [0.15, 0.2) is 48.7 Å². The number of pyridine rings is 1. The Bertz CT molecular complexity index is 799. The van der Waals surface area contributed by atoms with Crippen LogP contribution in [0.2, 0.25) is 0 Å². The molecule has 2 fully saturated rings. The molecule has 0 aliphatic carbocycles. The van der Waals surface area contributed by atoms with Gasteiger partial charge in [0.15, 0.2) is 0 Å². The van der Waals surface area contributed by atoms with Crippen molar-refractivity contribution in [1.29, 1.82) is 0 Å². The first-order valence-electron chi connectivity index (χ1n) is 9.61. The molecule has 2 aromatic rings. The Morgan fingerprint density at radius 2 is 1.72 bits per heavy atom. The van der Waals surface area contributed by atoms with Crippen molar-refractivity contribution in [3.05, 3.63) is 59.8 Å². The standard InChI is InChI=1S/C21H27N5O.2ClH/c1-24-9-11-25(12-10-24)20-13-17(7-8-23-20)21(27)26-14-18(19(22)15-26)16-5-3-2-4-6-16;;/h2-8,13,18-19H,9-12,14-15,22H2,1H3;2*1H/t18-,19+;;/m0../s1. The summed E-state index contributed by atoms with van der Waals surface area (Å²) in [5.41, 5.74) is 8.25. The van der Waals surface area contributed by atoms with Gasteiger partial charge in [0.25, 0.3) is 5.91 Å². The summed E-state index contributed by atoms with van der Waals surface area (Å²) in [5, 5.41) is 0. The molecule has 0 saturated carbocycles. The van der Waals surface area contributed by atoms with Crippen LogP contribution in [-0.2, 0) is 0 Å². The smallest absolute Gasteiger partial charge is 0.254 e. The van der Waals surface area contributed by atoms with E-state index >= 15 is 0 Å². The van der Waals surface area contributed by atoms with Crippen LogP contribution in [0.3, 0.4) is 0 Å². The minimum Gasteiger partial charge on any atom is -0.354 e. The van der Waals surface area contributed by atoms with E-state index in [0.29, 0.717) is 18.7 Å². The predicted molar refractivity (Wildman–Crippen MR) is 122 cm³/mol. The van der Waals surface area contributed by atoms with Crippen LogP contribution in [0.4, 0.5) is 5.82 Å². The number of carbonyl (C=O) groups is 1. The number of likely N-dealkylation sites (N-methyl/N-ethyl adjacent to an activating group) is 1. The number of likely N-dealkylation sites (tertiary alicyclic amines) is 1. The third kappa shape index (κ3) is 5.20. The van der Waals surface area contributed by atoms with E-state index in [9.17, 15) is 4.79 Å². The van der Waals surface area contributed by atoms with Gasteiger partial charge in [-0.15, -0.1) is 24.8 Å². The normalized spacial score (nSPS) is 22.0. The van der Waals surface area contributed by atoms with Crippen molar-refractivity contribution < 1.29 is 4.79 Å². The molecule has 0 radical (unpaired) electrons. The van der Waals surface area contributed by atoms with Crippen LogP contribution < -0.4 is 10.6 Å². The van der Waals surface area contributed by atoms with Crippen molar-refractivity contribution >= 4 is 36.5 Å². The van der Waals surface area contributed by atoms with Gasteiger partial charge in [-0.05, 0) is 24.7 Å². The van der Waals surface area contributed by atoms with Crippen LogP contribution in [0.1, 0.15) is 21.8 Å². The molecule has 6 nitrogen and oxygen atoms in total. The molecule has 0 unspecified atom stereocenters. The SMILES string of the molecule is CN1CCN(c2cc(C(=O)N3C[C@@H](N)[C@H](c4ccccc4)C3)ccn2)CC1.Cl.Cl. The van der Waals surface area contributed by atoms with E-state index in [4.69, 9.17) is 5.73 Å². The van der Waals surface area contributed by atoms with Gasteiger partial charge in [-0.3, -0.25) is 4.79 Å². The van der Waals surface area contributed by atoms with Crippen LogP contribution in [0.5, 0.6) is 0 Å². The molecule has 29 heavy (non-hydrogen) atoms. The third-order valence-corrected chi connectivity index (χ3v) is 5.70. The Balaban J connectivity index is 0.00000150. The Morgan fingerprint density at radius 3 is 2.41 bits per heavy atom. The van der Waals surface area contributed by atoms with Crippen LogP contribution in [-0.4, -0.2) is 73.0 Å². The van der Waals surface area contributed by atoms with Gasteiger partial charge in [0.1, 0.15) is 5.82 Å². The fourth-order valence-corrected chi connectivity index (χ4v) is 3.99. The summed E-state index contributed by atoms with van der Waals surface area (Å²) < 4.78 is 0. The van der Waals surface area contributed by atoms with Crippen LogP contribution >= 0.6 is 24.8 Å². The number of amides is 1. The zero-order chi connectivity index (χ0) is 18.8. The van der Waals surface area contributed by atoms with Gasteiger partial charge in [0, 0.05) is 63.0 Å². The van der Waals surface area contributed by atoms with Crippen molar-refractivity contribution in [3.63, 3.8) is 0 Å². The molecule has 0 bridgehead atoms. The van der Waals surface area contributed by atoms with E-state index in [-0.39, 0.29) is 42.7 Å². The maximum absolute atomic E-state index is 13.1. The summed E-state index contributed by atoms with van der Waals surface area (Å²) in [6.07, 6.45) is 1.74. The molecule has 2 aliphatic rings. The molecule has 1 amide bonds. The molecular formula is C21H29Cl2N5O. The molecule has 2 aliphatic heterocycles. The molecule has 2 saturated heterocycles. The van der Waals surface area contributed by atoms with Gasteiger partial charge >= 0.3 is 0 Å². The summed E-state index contributed by atoms with van der Waals surface area (Å²) in [4.78, 5) is 24.0. The van der Waals surface area contributed by atoms with Gasteiger partial charge in [-0.25, -0.2) is 4.98 Å². The van der Waals surface area contributed by atoms with Gasteiger partial charge < -0.3 is 20.4 Å². The van der Waals surface area contributed by atoms with E-state index in [1.54, 1.807) is 6.20 Å². The second-order valence-electron chi connectivity index (χ2n) is 7.58. The number of hydrogen-bond acceptors (Lipinski definition) is 5. The van der Waals surface area contributed by atoms with E-state index in [2.05, 4.69) is 34.0 Å². The summed E-state index contributed by atoms with van der Waals surface area (Å²) in [5.74, 6) is 1.12. The number of hydrogen-bond donors (Lipinski definition) is 1.